The summed E-state index contributed by atoms with van der Waals surface area (Å²) in [7, 11) is 3.48. The second kappa shape index (κ2) is 5.32. The largest absolute Gasteiger partial charge is 0.380 e. The summed E-state index contributed by atoms with van der Waals surface area (Å²) >= 11 is 4.92. The van der Waals surface area contributed by atoms with Crippen molar-refractivity contribution in [2.24, 2.45) is 0 Å². The predicted octanol–water partition coefficient (Wildman–Crippen LogP) is 0.504. The van der Waals surface area contributed by atoms with Crippen LogP contribution in [-0.4, -0.2) is 31.4 Å². The molecule has 11 heavy (non-hydrogen) atoms. The predicted molar refractivity (Wildman–Crippen MR) is 50.7 cm³/mol. The van der Waals surface area contributed by atoms with Crippen LogP contribution in [-0.2, 0) is 4.74 Å². The summed E-state index contributed by atoms with van der Waals surface area (Å²) in [6, 6.07) is 0.236. The Balaban J connectivity index is 3.67. The Morgan fingerprint density at radius 3 is 2.36 bits per heavy atom. The van der Waals surface area contributed by atoms with Crippen LogP contribution in [0.15, 0.2) is 0 Å². The van der Waals surface area contributed by atoms with Crippen LogP contribution in [0.5, 0.6) is 0 Å². The number of thiocarbonyl (C=S) groups is 1. The average molecular weight is 176 g/mol. The van der Waals surface area contributed by atoms with Crippen LogP contribution in [0.1, 0.15) is 13.8 Å². The molecule has 0 aromatic heterocycles. The molecule has 0 rings (SSSR count). The molecular formula is C7H16N2OS. The van der Waals surface area contributed by atoms with E-state index in [1.807, 2.05) is 13.8 Å². The number of hydrogen-bond acceptors (Lipinski definition) is 2. The average Bonchev–Trinajstić information content (AvgIpc) is 2.02. The fourth-order valence-corrected chi connectivity index (χ4v) is 0.786. The van der Waals surface area contributed by atoms with E-state index in [0.717, 1.165) is 0 Å². The SMILES string of the molecule is CNC(=S)N[C@@H](C)C(C)OC. The van der Waals surface area contributed by atoms with Crippen molar-refractivity contribution in [1.82, 2.24) is 10.6 Å². The van der Waals surface area contributed by atoms with Gasteiger partial charge in [0.05, 0.1) is 12.1 Å². The molecule has 66 valence electrons. The molecule has 0 aliphatic carbocycles. The first-order valence-corrected chi connectivity index (χ1v) is 4.03. The lowest BCUT2D eigenvalue weighted by Crippen LogP contribution is -2.44. The zero-order valence-electron chi connectivity index (χ0n) is 7.47. The number of nitrogens with one attached hydrogen (secondary N) is 2. The van der Waals surface area contributed by atoms with Gasteiger partial charge in [0.15, 0.2) is 5.11 Å². The normalized spacial score (nSPS) is 15.3. The van der Waals surface area contributed by atoms with Gasteiger partial charge in [-0.25, -0.2) is 0 Å². The van der Waals surface area contributed by atoms with Crippen LogP contribution >= 0.6 is 12.2 Å². The van der Waals surface area contributed by atoms with Crippen LogP contribution in [0.4, 0.5) is 0 Å². The van der Waals surface area contributed by atoms with Gasteiger partial charge in [-0.05, 0) is 26.1 Å². The lowest BCUT2D eigenvalue weighted by Gasteiger charge is -2.20. The van der Waals surface area contributed by atoms with Crippen molar-refractivity contribution >= 4 is 17.3 Å². The molecule has 0 saturated heterocycles. The summed E-state index contributed by atoms with van der Waals surface area (Å²) in [5, 5.41) is 6.57. The number of methoxy groups -OCH3 is 1. The van der Waals surface area contributed by atoms with Gasteiger partial charge in [-0.3, -0.25) is 0 Å². The molecule has 0 radical (unpaired) electrons. The van der Waals surface area contributed by atoms with E-state index in [9.17, 15) is 0 Å². The molecule has 0 aromatic rings. The Morgan fingerprint density at radius 1 is 1.45 bits per heavy atom. The van der Waals surface area contributed by atoms with Crippen molar-refractivity contribution in [3.63, 3.8) is 0 Å². The Bertz CT molecular complexity index is 130. The van der Waals surface area contributed by atoms with E-state index >= 15 is 0 Å². The quantitative estimate of drug-likeness (QED) is 0.614. The number of hydrogen-bond donors (Lipinski definition) is 2. The summed E-state index contributed by atoms with van der Waals surface area (Å²) in [5.41, 5.74) is 0. The first-order chi connectivity index (χ1) is 5.11. The highest BCUT2D eigenvalue weighted by Gasteiger charge is 2.10. The Hall–Kier alpha value is -0.350. The second-order valence-corrected chi connectivity index (χ2v) is 2.86. The summed E-state index contributed by atoms with van der Waals surface area (Å²) in [6.45, 7) is 4.02. The van der Waals surface area contributed by atoms with Gasteiger partial charge in [0.2, 0.25) is 0 Å². The van der Waals surface area contributed by atoms with Crippen molar-refractivity contribution in [2.45, 2.75) is 26.0 Å². The molecule has 0 fully saturated rings. The van der Waals surface area contributed by atoms with E-state index < -0.39 is 0 Å². The fourth-order valence-electron chi connectivity index (χ4n) is 0.600. The van der Waals surface area contributed by atoms with Gasteiger partial charge >= 0.3 is 0 Å². The first kappa shape index (κ1) is 10.7. The molecule has 0 bridgehead atoms. The topological polar surface area (TPSA) is 33.3 Å². The minimum Gasteiger partial charge on any atom is -0.380 e. The van der Waals surface area contributed by atoms with E-state index in [4.69, 9.17) is 17.0 Å². The summed E-state index contributed by atoms with van der Waals surface area (Å²) in [6.07, 6.45) is 0.168. The summed E-state index contributed by atoms with van der Waals surface area (Å²) < 4.78 is 5.11. The van der Waals surface area contributed by atoms with E-state index in [1.165, 1.54) is 0 Å². The maximum atomic E-state index is 5.11. The molecule has 0 spiro atoms. The van der Waals surface area contributed by atoms with Gasteiger partial charge in [0.1, 0.15) is 0 Å². The minimum atomic E-state index is 0.168. The van der Waals surface area contributed by atoms with Crippen LogP contribution in [0.3, 0.4) is 0 Å². The molecule has 2 atom stereocenters. The molecule has 0 aliphatic heterocycles. The number of rotatable bonds is 3. The highest BCUT2D eigenvalue weighted by Crippen LogP contribution is 1.94. The van der Waals surface area contributed by atoms with Gasteiger partial charge in [-0.1, -0.05) is 0 Å². The van der Waals surface area contributed by atoms with Crippen molar-refractivity contribution in [2.75, 3.05) is 14.2 Å². The molecule has 2 N–H and O–H groups in total. The maximum Gasteiger partial charge on any atom is 0.166 e. The standard InChI is InChI=1S/C7H16N2OS/c1-5(6(2)10-4)9-7(11)8-3/h5-6H,1-4H3,(H2,8,9,11)/t5-,6?/m0/s1. The lowest BCUT2D eigenvalue weighted by atomic mass is 10.2. The third-order valence-electron chi connectivity index (χ3n) is 1.66. The van der Waals surface area contributed by atoms with Crippen molar-refractivity contribution in [3.8, 4) is 0 Å². The van der Waals surface area contributed by atoms with Gasteiger partial charge < -0.3 is 15.4 Å². The van der Waals surface area contributed by atoms with Gasteiger partial charge in [0, 0.05) is 14.2 Å². The molecule has 0 aliphatic rings. The second-order valence-electron chi connectivity index (χ2n) is 2.45. The zero-order chi connectivity index (χ0) is 8.85. The Labute approximate surface area is 73.5 Å². The Morgan fingerprint density at radius 2 is 2.00 bits per heavy atom. The van der Waals surface area contributed by atoms with E-state index in [0.29, 0.717) is 5.11 Å². The molecule has 4 heteroatoms. The van der Waals surface area contributed by atoms with Crippen LogP contribution in [0.2, 0.25) is 0 Å². The van der Waals surface area contributed by atoms with Crippen molar-refractivity contribution < 1.29 is 4.74 Å². The molecular weight excluding hydrogens is 160 g/mol. The van der Waals surface area contributed by atoms with Crippen LogP contribution < -0.4 is 10.6 Å². The summed E-state index contributed by atoms with van der Waals surface area (Å²) in [4.78, 5) is 0. The lowest BCUT2D eigenvalue weighted by molar-refractivity contribution is 0.0948. The van der Waals surface area contributed by atoms with Crippen LogP contribution in [0.25, 0.3) is 0 Å². The highest BCUT2D eigenvalue weighted by molar-refractivity contribution is 7.80. The van der Waals surface area contributed by atoms with Crippen molar-refractivity contribution in [3.05, 3.63) is 0 Å². The smallest absolute Gasteiger partial charge is 0.166 e. The Kier molecular flexibility index (Phi) is 5.15. The molecule has 1 unspecified atom stereocenters. The molecule has 3 nitrogen and oxygen atoms in total. The minimum absolute atomic E-state index is 0.168. The monoisotopic (exact) mass is 176 g/mol. The van der Waals surface area contributed by atoms with Gasteiger partial charge in [0.25, 0.3) is 0 Å². The van der Waals surface area contributed by atoms with Crippen LogP contribution in [0, 0.1) is 0 Å². The molecule has 0 aromatic carbocycles. The third-order valence-corrected chi connectivity index (χ3v) is 1.98. The fraction of sp³-hybridized carbons (Fsp3) is 0.857. The van der Waals surface area contributed by atoms with E-state index in [2.05, 4.69) is 10.6 Å². The van der Waals surface area contributed by atoms with Crippen molar-refractivity contribution in [1.29, 1.82) is 0 Å². The molecule has 0 heterocycles. The van der Waals surface area contributed by atoms with E-state index in [1.54, 1.807) is 14.2 Å². The van der Waals surface area contributed by atoms with E-state index in [-0.39, 0.29) is 12.1 Å². The van der Waals surface area contributed by atoms with Gasteiger partial charge in [-0.15, -0.1) is 0 Å². The molecule has 0 amide bonds. The third kappa shape index (κ3) is 4.16. The first-order valence-electron chi connectivity index (χ1n) is 3.62. The summed E-state index contributed by atoms with van der Waals surface area (Å²) in [5.74, 6) is 0. The highest BCUT2D eigenvalue weighted by atomic mass is 32.1. The molecule has 0 saturated carbocycles. The number of ether oxygens (including phenoxy) is 1. The maximum absolute atomic E-state index is 5.11. The van der Waals surface area contributed by atoms with Gasteiger partial charge in [-0.2, -0.15) is 0 Å². The zero-order valence-corrected chi connectivity index (χ0v) is 8.29.